The van der Waals surface area contributed by atoms with E-state index in [0.29, 0.717) is 15.6 Å². The van der Waals surface area contributed by atoms with E-state index in [4.69, 9.17) is 27.9 Å². The molecule has 86 valence electrons. The van der Waals surface area contributed by atoms with Crippen LogP contribution in [0, 0.1) is 5.41 Å². The van der Waals surface area contributed by atoms with E-state index in [-0.39, 0.29) is 25.6 Å². The van der Waals surface area contributed by atoms with Crippen LogP contribution in [0.4, 0.5) is 0 Å². The largest absolute Gasteiger partial charge is 0.395 e. The number of hydrogen-bond acceptors (Lipinski definition) is 3. The van der Waals surface area contributed by atoms with Crippen molar-refractivity contribution in [2.75, 3.05) is 19.8 Å². The number of halogens is 2. The molecule has 16 heavy (non-hydrogen) atoms. The maximum atomic E-state index is 12.1. The van der Waals surface area contributed by atoms with Crippen LogP contribution in [0.1, 0.15) is 10.4 Å². The Kier molecular flexibility index (Phi) is 3.22. The molecule has 0 aromatic heterocycles. The predicted molar refractivity (Wildman–Crippen MR) is 61.1 cm³/mol. The number of ether oxygens (including phenoxy) is 1. The molecule has 1 aromatic carbocycles. The summed E-state index contributed by atoms with van der Waals surface area (Å²) in [7, 11) is 0. The third-order valence-corrected chi connectivity index (χ3v) is 3.26. The molecular formula is C11H10Cl2O3. The van der Waals surface area contributed by atoms with Gasteiger partial charge in [0.25, 0.3) is 0 Å². The first-order valence-electron chi connectivity index (χ1n) is 4.77. The Morgan fingerprint density at radius 1 is 1.44 bits per heavy atom. The molecule has 0 radical (unpaired) electrons. The molecular weight excluding hydrogens is 251 g/mol. The molecule has 0 saturated carbocycles. The van der Waals surface area contributed by atoms with Crippen molar-refractivity contribution in [3.8, 4) is 0 Å². The first kappa shape index (κ1) is 11.9. The van der Waals surface area contributed by atoms with Crippen LogP contribution >= 0.6 is 23.2 Å². The van der Waals surface area contributed by atoms with Gasteiger partial charge in [0.05, 0.1) is 24.8 Å². The summed E-state index contributed by atoms with van der Waals surface area (Å²) in [6.07, 6.45) is 0. The fourth-order valence-electron chi connectivity index (χ4n) is 1.60. The van der Waals surface area contributed by atoms with E-state index in [2.05, 4.69) is 0 Å². The van der Waals surface area contributed by atoms with Gasteiger partial charge in [-0.05, 0) is 18.2 Å². The van der Waals surface area contributed by atoms with Crippen LogP contribution in [0.2, 0.25) is 10.0 Å². The lowest BCUT2D eigenvalue weighted by atomic mass is 9.79. The smallest absolute Gasteiger partial charge is 0.177 e. The monoisotopic (exact) mass is 260 g/mol. The highest BCUT2D eigenvalue weighted by atomic mass is 35.5. The van der Waals surface area contributed by atoms with Gasteiger partial charge in [0.2, 0.25) is 0 Å². The van der Waals surface area contributed by atoms with E-state index in [1.54, 1.807) is 12.1 Å². The van der Waals surface area contributed by atoms with E-state index < -0.39 is 5.41 Å². The molecule has 1 heterocycles. The molecule has 1 aromatic rings. The minimum Gasteiger partial charge on any atom is -0.395 e. The molecule has 1 N–H and O–H groups in total. The van der Waals surface area contributed by atoms with Crippen molar-refractivity contribution in [2.45, 2.75) is 0 Å². The van der Waals surface area contributed by atoms with Crippen LogP contribution in [0.3, 0.4) is 0 Å². The average molecular weight is 261 g/mol. The van der Waals surface area contributed by atoms with E-state index >= 15 is 0 Å². The lowest BCUT2D eigenvalue weighted by Crippen LogP contribution is -2.51. The van der Waals surface area contributed by atoms with Crippen molar-refractivity contribution in [1.29, 1.82) is 0 Å². The topological polar surface area (TPSA) is 46.5 Å². The molecule has 0 aliphatic carbocycles. The highest BCUT2D eigenvalue weighted by molar-refractivity contribution is 6.37. The zero-order valence-electron chi connectivity index (χ0n) is 8.37. The van der Waals surface area contributed by atoms with Crippen LogP contribution in [0.5, 0.6) is 0 Å². The Morgan fingerprint density at radius 2 is 2.12 bits per heavy atom. The van der Waals surface area contributed by atoms with E-state index in [0.717, 1.165) is 0 Å². The second-order valence-electron chi connectivity index (χ2n) is 3.88. The fourth-order valence-corrected chi connectivity index (χ4v) is 2.10. The van der Waals surface area contributed by atoms with Gasteiger partial charge < -0.3 is 9.84 Å². The summed E-state index contributed by atoms with van der Waals surface area (Å²) in [5, 5.41) is 10.0. The van der Waals surface area contributed by atoms with E-state index in [1.165, 1.54) is 6.07 Å². The fraction of sp³-hybridized carbons (Fsp3) is 0.364. The molecule has 1 fully saturated rings. The maximum absolute atomic E-state index is 12.1. The van der Waals surface area contributed by atoms with Gasteiger partial charge in [-0.3, -0.25) is 4.79 Å². The van der Waals surface area contributed by atoms with E-state index in [1.807, 2.05) is 0 Å². The first-order valence-corrected chi connectivity index (χ1v) is 5.53. The van der Waals surface area contributed by atoms with Crippen LogP contribution < -0.4 is 0 Å². The summed E-state index contributed by atoms with van der Waals surface area (Å²) in [6, 6.07) is 4.69. The van der Waals surface area contributed by atoms with Gasteiger partial charge in [-0.25, -0.2) is 0 Å². The Bertz CT molecular complexity index is 422. The third-order valence-electron chi connectivity index (χ3n) is 2.72. The first-order chi connectivity index (χ1) is 7.59. The SMILES string of the molecule is O=C(c1ccc(Cl)cc1Cl)C1(CO)COC1. The Hall–Kier alpha value is -0.610. The molecule has 1 aliphatic rings. The van der Waals surface area contributed by atoms with Gasteiger partial charge in [0.15, 0.2) is 5.78 Å². The van der Waals surface area contributed by atoms with Crippen LogP contribution in [0.15, 0.2) is 18.2 Å². The summed E-state index contributed by atoms with van der Waals surface area (Å²) < 4.78 is 4.99. The standard InChI is InChI=1S/C11H10Cl2O3/c12-7-1-2-8(9(13)3-7)10(15)11(4-14)5-16-6-11/h1-3,14H,4-6H2. The van der Waals surface area contributed by atoms with Crippen molar-refractivity contribution >= 4 is 29.0 Å². The van der Waals surface area contributed by atoms with Crippen LogP contribution in [-0.4, -0.2) is 30.7 Å². The zero-order valence-corrected chi connectivity index (χ0v) is 9.88. The van der Waals surface area contributed by atoms with Gasteiger partial charge >= 0.3 is 0 Å². The van der Waals surface area contributed by atoms with E-state index in [9.17, 15) is 9.90 Å². The minimum absolute atomic E-state index is 0.192. The zero-order chi connectivity index (χ0) is 11.8. The average Bonchev–Trinajstić information content (AvgIpc) is 2.16. The van der Waals surface area contributed by atoms with Crippen molar-refractivity contribution in [2.24, 2.45) is 5.41 Å². The molecule has 0 amide bonds. The molecule has 0 spiro atoms. The quantitative estimate of drug-likeness (QED) is 0.848. The van der Waals surface area contributed by atoms with Crippen LogP contribution in [0.25, 0.3) is 0 Å². The number of carbonyl (C=O) groups is 1. The summed E-state index contributed by atoms with van der Waals surface area (Å²) >= 11 is 11.7. The van der Waals surface area contributed by atoms with Gasteiger partial charge in [0, 0.05) is 10.6 Å². The van der Waals surface area contributed by atoms with Crippen LogP contribution in [-0.2, 0) is 4.74 Å². The molecule has 3 nitrogen and oxygen atoms in total. The lowest BCUT2D eigenvalue weighted by molar-refractivity contribution is -0.109. The molecule has 5 heteroatoms. The van der Waals surface area contributed by atoms with Crippen molar-refractivity contribution in [3.63, 3.8) is 0 Å². The second kappa shape index (κ2) is 4.34. The molecule has 2 rings (SSSR count). The second-order valence-corrected chi connectivity index (χ2v) is 4.73. The number of rotatable bonds is 3. The number of benzene rings is 1. The molecule has 0 bridgehead atoms. The summed E-state index contributed by atoms with van der Waals surface area (Å²) in [4.78, 5) is 12.1. The normalized spacial score (nSPS) is 17.9. The number of aliphatic hydroxyl groups excluding tert-OH is 1. The summed E-state index contributed by atoms with van der Waals surface area (Å²) in [5.41, 5.74) is -0.444. The highest BCUT2D eigenvalue weighted by Gasteiger charge is 2.46. The Balaban J connectivity index is 2.33. The highest BCUT2D eigenvalue weighted by Crippen LogP contribution is 2.34. The Morgan fingerprint density at radius 3 is 2.56 bits per heavy atom. The number of carbonyl (C=O) groups excluding carboxylic acids is 1. The van der Waals surface area contributed by atoms with Crippen molar-refractivity contribution in [1.82, 2.24) is 0 Å². The Labute approximate surface area is 103 Å². The number of hydrogen-bond donors (Lipinski definition) is 1. The van der Waals surface area contributed by atoms with Crippen molar-refractivity contribution < 1.29 is 14.6 Å². The molecule has 1 saturated heterocycles. The number of ketones is 1. The predicted octanol–water partition coefficient (Wildman–Crippen LogP) is 2.19. The molecule has 0 unspecified atom stereocenters. The maximum Gasteiger partial charge on any atom is 0.177 e. The third kappa shape index (κ3) is 1.84. The van der Waals surface area contributed by atoms with Gasteiger partial charge in [-0.1, -0.05) is 23.2 Å². The van der Waals surface area contributed by atoms with Gasteiger partial charge in [-0.2, -0.15) is 0 Å². The lowest BCUT2D eigenvalue weighted by Gasteiger charge is -2.38. The number of Topliss-reactive ketones (excluding diaryl/α,β-unsaturated/α-hetero) is 1. The van der Waals surface area contributed by atoms with Crippen molar-refractivity contribution in [3.05, 3.63) is 33.8 Å². The summed E-state index contributed by atoms with van der Waals surface area (Å²) in [6.45, 7) is 0.243. The molecule has 0 atom stereocenters. The number of aliphatic hydroxyl groups is 1. The van der Waals surface area contributed by atoms with Gasteiger partial charge in [-0.15, -0.1) is 0 Å². The van der Waals surface area contributed by atoms with Gasteiger partial charge in [0.1, 0.15) is 5.41 Å². The summed E-state index contributed by atoms with van der Waals surface area (Å²) in [5.74, 6) is -0.192. The minimum atomic E-state index is -0.822. The molecule has 1 aliphatic heterocycles.